The fourth-order valence-electron chi connectivity index (χ4n) is 1.33. The minimum absolute atomic E-state index is 0. The molecule has 1 fully saturated rings. The molecule has 0 heterocycles. The molecular weight excluding hydrogens is 166 g/mol. The zero-order valence-corrected chi connectivity index (χ0v) is 8.72. The van der Waals surface area contributed by atoms with E-state index in [1.165, 1.54) is 0 Å². The monoisotopic (exact) mass is 187 g/mol. The lowest BCUT2D eigenvalue weighted by Crippen LogP contribution is -2.35. The Morgan fingerprint density at radius 3 is 2.69 bits per heavy atom. The smallest absolute Gasteiger partial charge is 0.407 e. The first-order chi connectivity index (χ1) is 6.03. The molecule has 1 aliphatic carbocycles. The number of alkyl carbamates (subject to hydrolysis) is 1. The molecule has 0 unspecified atom stereocenters. The van der Waals surface area contributed by atoms with Crippen LogP contribution in [0.1, 0.15) is 47.9 Å². The summed E-state index contributed by atoms with van der Waals surface area (Å²) >= 11 is 0. The molecule has 0 bridgehead atoms. The Morgan fingerprint density at radius 1 is 1.62 bits per heavy atom. The molecule has 1 amide bonds. The average Bonchev–Trinajstić information content (AvgIpc) is 2.68. The van der Waals surface area contributed by atoms with Crippen LogP contribution in [0.25, 0.3) is 0 Å². The molecule has 0 aromatic rings. The molecule has 0 atom stereocenters. The van der Waals surface area contributed by atoms with Gasteiger partial charge in [0, 0.05) is 7.47 Å². The molecule has 1 rings (SSSR count). The van der Waals surface area contributed by atoms with Gasteiger partial charge in [0.25, 0.3) is 0 Å². The van der Waals surface area contributed by atoms with Gasteiger partial charge in [0.2, 0.25) is 0 Å². The molecule has 13 heavy (non-hydrogen) atoms. The number of carbonyl (C=O) groups is 1. The Kier molecular flexibility index (Phi) is 3.17. The van der Waals surface area contributed by atoms with Crippen molar-refractivity contribution >= 4 is 6.09 Å². The summed E-state index contributed by atoms with van der Waals surface area (Å²) in [5.41, 5.74) is -0.326. The van der Waals surface area contributed by atoms with Crippen molar-refractivity contribution < 1.29 is 11.0 Å². The predicted molar refractivity (Wildman–Crippen MR) is 53.7 cm³/mol. The topological polar surface area (TPSA) is 38.3 Å². The largest absolute Gasteiger partial charge is 0.444 e. The number of hydrogen-bond acceptors (Lipinski definition) is 2. The first-order valence-corrected chi connectivity index (χ1v) is 5.03. The Morgan fingerprint density at radius 2 is 2.23 bits per heavy atom. The average molecular weight is 187 g/mol. The third-order valence-electron chi connectivity index (χ3n) is 2.12. The molecule has 0 aliphatic heterocycles. The molecule has 0 radical (unpaired) electrons. The van der Waals surface area contributed by atoms with Crippen LogP contribution in [0.15, 0.2) is 0 Å². The van der Waals surface area contributed by atoms with Crippen molar-refractivity contribution in [2.75, 3.05) is 0 Å². The SMILES string of the molecule is CCCC(C)(C)OC(=O)NC1CC1.[HH]. The van der Waals surface area contributed by atoms with Crippen molar-refractivity contribution in [2.24, 2.45) is 0 Å². The van der Waals surface area contributed by atoms with E-state index < -0.39 is 0 Å². The molecular formula is C10H21NO2. The highest BCUT2D eigenvalue weighted by atomic mass is 16.6. The Hall–Kier alpha value is -0.730. The zero-order chi connectivity index (χ0) is 9.90. The van der Waals surface area contributed by atoms with Crippen molar-refractivity contribution in [3.8, 4) is 0 Å². The van der Waals surface area contributed by atoms with Gasteiger partial charge < -0.3 is 10.1 Å². The summed E-state index contributed by atoms with van der Waals surface area (Å²) in [6, 6.07) is 0.380. The van der Waals surface area contributed by atoms with Gasteiger partial charge in [0.05, 0.1) is 0 Å². The third-order valence-corrected chi connectivity index (χ3v) is 2.12. The number of hydrogen-bond donors (Lipinski definition) is 1. The molecule has 1 aliphatic rings. The van der Waals surface area contributed by atoms with Crippen LogP contribution >= 0.6 is 0 Å². The standard InChI is InChI=1S/C10H19NO2.H2/c1-4-7-10(2,3)13-9(12)11-8-5-6-8;/h8H,4-7H2,1-3H3,(H,11,12);1H. The molecule has 1 saturated carbocycles. The summed E-state index contributed by atoms with van der Waals surface area (Å²) in [7, 11) is 0. The van der Waals surface area contributed by atoms with E-state index in [9.17, 15) is 4.79 Å². The van der Waals surface area contributed by atoms with Gasteiger partial charge >= 0.3 is 6.09 Å². The summed E-state index contributed by atoms with van der Waals surface area (Å²) in [6.45, 7) is 5.98. The fraction of sp³-hybridized carbons (Fsp3) is 0.900. The minimum atomic E-state index is -0.326. The van der Waals surface area contributed by atoms with Crippen molar-refractivity contribution in [1.29, 1.82) is 0 Å². The lowest BCUT2D eigenvalue weighted by molar-refractivity contribution is 0.0320. The quantitative estimate of drug-likeness (QED) is 0.734. The van der Waals surface area contributed by atoms with Gasteiger partial charge in [-0.05, 0) is 33.1 Å². The minimum Gasteiger partial charge on any atom is -0.444 e. The van der Waals surface area contributed by atoms with E-state index in [2.05, 4.69) is 12.2 Å². The summed E-state index contributed by atoms with van der Waals surface area (Å²) in [6.07, 6.45) is 3.88. The van der Waals surface area contributed by atoms with Crippen LogP contribution in [0.2, 0.25) is 0 Å². The van der Waals surface area contributed by atoms with Crippen LogP contribution in [0.5, 0.6) is 0 Å². The maximum absolute atomic E-state index is 11.3. The van der Waals surface area contributed by atoms with Crippen LogP contribution in [-0.4, -0.2) is 17.7 Å². The normalized spacial score (nSPS) is 16.8. The Bertz CT molecular complexity index is 191. The molecule has 3 heteroatoms. The van der Waals surface area contributed by atoms with Crippen LogP contribution < -0.4 is 5.32 Å². The number of amides is 1. The molecule has 0 saturated heterocycles. The van der Waals surface area contributed by atoms with Gasteiger partial charge in [-0.1, -0.05) is 13.3 Å². The number of carbonyl (C=O) groups excluding carboxylic acids is 1. The highest BCUT2D eigenvalue weighted by Gasteiger charge is 2.27. The van der Waals surface area contributed by atoms with E-state index in [0.717, 1.165) is 25.7 Å². The summed E-state index contributed by atoms with van der Waals surface area (Å²) < 4.78 is 5.28. The second-order valence-electron chi connectivity index (χ2n) is 4.32. The molecule has 78 valence electrons. The highest BCUT2D eigenvalue weighted by molar-refractivity contribution is 5.68. The number of nitrogens with one attached hydrogen (secondary N) is 1. The molecule has 3 nitrogen and oxygen atoms in total. The summed E-state index contributed by atoms with van der Waals surface area (Å²) in [4.78, 5) is 11.3. The van der Waals surface area contributed by atoms with Gasteiger partial charge in [-0.2, -0.15) is 0 Å². The maximum atomic E-state index is 11.3. The molecule has 0 aromatic heterocycles. The van der Waals surface area contributed by atoms with Crippen molar-refractivity contribution in [3.63, 3.8) is 0 Å². The maximum Gasteiger partial charge on any atom is 0.407 e. The number of ether oxygens (including phenoxy) is 1. The van der Waals surface area contributed by atoms with E-state index in [-0.39, 0.29) is 13.1 Å². The van der Waals surface area contributed by atoms with Gasteiger partial charge in [0.1, 0.15) is 5.60 Å². The summed E-state index contributed by atoms with van der Waals surface area (Å²) in [5.74, 6) is 0. The first-order valence-electron chi connectivity index (χ1n) is 5.03. The Labute approximate surface area is 81.3 Å². The van der Waals surface area contributed by atoms with Crippen LogP contribution in [0.3, 0.4) is 0 Å². The zero-order valence-electron chi connectivity index (χ0n) is 8.72. The van der Waals surface area contributed by atoms with Gasteiger partial charge in [0.15, 0.2) is 0 Å². The number of rotatable bonds is 4. The lowest BCUT2D eigenvalue weighted by Gasteiger charge is -2.24. The molecule has 0 aromatic carbocycles. The highest BCUT2D eigenvalue weighted by Crippen LogP contribution is 2.21. The van der Waals surface area contributed by atoms with E-state index in [0.29, 0.717) is 6.04 Å². The van der Waals surface area contributed by atoms with Crippen LogP contribution in [0.4, 0.5) is 4.79 Å². The Balaban J connectivity index is 0.00000169. The molecule has 1 N–H and O–H groups in total. The second kappa shape index (κ2) is 3.99. The van der Waals surface area contributed by atoms with E-state index in [4.69, 9.17) is 4.74 Å². The van der Waals surface area contributed by atoms with Crippen molar-refractivity contribution in [3.05, 3.63) is 0 Å². The van der Waals surface area contributed by atoms with E-state index in [1.54, 1.807) is 0 Å². The van der Waals surface area contributed by atoms with Crippen molar-refractivity contribution in [2.45, 2.75) is 58.1 Å². The fourth-order valence-corrected chi connectivity index (χ4v) is 1.33. The van der Waals surface area contributed by atoms with Crippen LogP contribution in [0, 0.1) is 0 Å². The lowest BCUT2D eigenvalue weighted by atomic mass is 10.0. The van der Waals surface area contributed by atoms with Gasteiger partial charge in [-0.25, -0.2) is 4.79 Å². The van der Waals surface area contributed by atoms with E-state index in [1.807, 2.05) is 13.8 Å². The van der Waals surface area contributed by atoms with Crippen molar-refractivity contribution in [1.82, 2.24) is 5.32 Å². The first kappa shape index (κ1) is 10.4. The third kappa shape index (κ3) is 4.15. The van der Waals surface area contributed by atoms with E-state index >= 15 is 0 Å². The van der Waals surface area contributed by atoms with Gasteiger partial charge in [-0.15, -0.1) is 0 Å². The van der Waals surface area contributed by atoms with Gasteiger partial charge in [-0.3, -0.25) is 0 Å². The predicted octanol–water partition coefficient (Wildman–Crippen LogP) is 2.70. The van der Waals surface area contributed by atoms with Crippen LogP contribution in [-0.2, 0) is 4.74 Å². The summed E-state index contributed by atoms with van der Waals surface area (Å²) in [5, 5.41) is 2.81. The second-order valence-corrected chi connectivity index (χ2v) is 4.32. The molecule has 0 spiro atoms.